The molecule has 0 radical (unpaired) electrons. The van der Waals surface area contributed by atoms with E-state index < -0.39 is 32.5 Å². The van der Waals surface area contributed by atoms with Gasteiger partial charge in [-0.15, -0.1) is 0 Å². The highest BCUT2D eigenvalue weighted by molar-refractivity contribution is 7.47. The molecule has 300 valence electrons. The maximum Gasteiger partial charge on any atom is 0.472 e. The van der Waals surface area contributed by atoms with Gasteiger partial charge in [0.05, 0.1) is 13.2 Å². The van der Waals surface area contributed by atoms with Gasteiger partial charge >= 0.3 is 19.8 Å². The van der Waals surface area contributed by atoms with Gasteiger partial charge < -0.3 is 20.1 Å². The summed E-state index contributed by atoms with van der Waals surface area (Å²) in [6.07, 6.45) is 44.2. The maximum absolute atomic E-state index is 12.5. The highest BCUT2D eigenvalue weighted by Gasteiger charge is 2.25. The van der Waals surface area contributed by atoms with Crippen LogP contribution in [0.25, 0.3) is 0 Å². The van der Waals surface area contributed by atoms with E-state index in [-0.39, 0.29) is 32.6 Å². The van der Waals surface area contributed by atoms with E-state index in [2.05, 4.69) is 56.4 Å². The lowest BCUT2D eigenvalue weighted by atomic mass is 10.1. The molecule has 0 heterocycles. The zero-order valence-corrected chi connectivity index (χ0v) is 33.7. The second kappa shape index (κ2) is 38.4. The number of esters is 2. The van der Waals surface area contributed by atoms with Gasteiger partial charge in [0.1, 0.15) is 6.61 Å². The van der Waals surface area contributed by atoms with Crippen molar-refractivity contribution in [1.82, 2.24) is 0 Å². The molecule has 0 aliphatic rings. The van der Waals surface area contributed by atoms with Crippen molar-refractivity contribution in [2.24, 2.45) is 5.73 Å². The van der Waals surface area contributed by atoms with Crippen molar-refractivity contribution in [3.63, 3.8) is 0 Å². The average Bonchev–Trinajstić information content (AvgIpc) is 3.13. The van der Waals surface area contributed by atoms with Gasteiger partial charge in [0, 0.05) is 19.4 Å². The van der Waals surface area contributed by atoms with Gasteiger partial charge in [-0.2, -0.15) is 0 Å². The predicted octanol–water partition coefficient (Wildman–Crippen LogP) is 11.3. The maximum atomic E-state index is 12.5. The second-order valence-corrected chi connectivity index (χ2v) is 14.6. The van der Waals surface area contributed by atoms with Gasteiger partial charge in [-0.3, -0.25) is 18.6 Å². The topological polar surface area (TPSA) is 134 Å². The number of hydrogen-bond donors (Lipinski definition) is 2. The van der Waals surface area contributed by atoms with Crippen molar-refractivity contribution in [3.8, 4) is 0 Å². The first-order valence-electron chi connectivity index (χ1n) is 20.3. The number of ether oxygens (including phenoxy) is 2. The summed E-state index contributed by atoms with van der Waals surface area (Å²) >= 11 is 0. The fourth-order valence-electron chi connectivity index (χ4n) is 5.13. The van der Waals surface area contributed by atoms with Crippen molar-refractivity contribution in [2.75, 3.05) is 26.4 Å². The summed E-state index contributed by atoms with van der Waals surface area (Å²) in [7, 11) is -4.40. The van der Waals surface area contributed by atoms with Gasteiger partial charge in [0.2, 0.25) is 0 Å². The third-order valence-corrected chi connectivity index (χ3v) is 9.14. The molecule has 0 rings (SSSR count). The molecule has 0 saturated carbocycles. The summed E-state index contributed by atoms with van der Waals surface area (Å²) in [4.78, 5) is 34.7. The number of allylic oxidation sites excluding steroid dienone is 10. The molecule has 0 spiro atoms. The number of rotatable bonds is 37. The van der Waals surface area contributed by atoms with Crippen LogP contribution in [0, 0.1) is 0 Å². The summed E-state index contributed by atoms with van der Waals surface area (Å²) in [6, 6.07) is 0. The van der Waals surface area contributed by atoms with Crippen LogP contribution in [0.15, 0.2) is 60.8 Å². The van der Waals surface area contributed by atoms with Crippen LogP contribution in [0.4, 0.5) is 0 Å². The Balaban J connectivity index is 4.37. The van der Waals surface area contributed by atoms with Crippen molar-refractivity contribution >= 4 is 19.8 Å². The molecule has 0 aliphatic carbocycles. The highest BCUT2D eigenvalue weighted by Crippen LogP contribution is 2.43. The number of hydrogen-bond acceptors (Lipinski definition) is 8. The van der Waals surface area contributed by atoms with Crippen LogP contribution >= 0.6 is 7.82 Å². The van der Waals surface area contributed by atoms with E-state index in [0.717, 1.165) is 38.5 Å². The Bertz CT molecular complexity index is 1040. The summed E-state index contributed by atoms with van der Waals surface area (Å²) in [5, 5.41) is 0. The SMILES string of the molecule is CCCCCC/C=C\C/C=C\C/C=C\C/C=C\CCC(=O)OC(COC(=O)CC/C=C\CCCCCCCCCCCC)COP(=O)(O)OCCN. The largest absolute Gasteiger partial charge is 0.472 e. The van der Waals surface area contributed by atoms with Gasteiger partial charge in [-0.25, -0.2) is 4.57 Å². The van der Waals surface area contributed by atoms with Gasteiger partial charge in [-0.05, 0) is 57.8 Å². The van der Waals surface area contributed by atoms with E-state index in [1.807, 2.05) is 18.2 Å². The molecule has 0 aromatic rings. The van der Waals surface area contributed by atoms with Crippen LogP contribution in [0.2, 0.25) is 0 Å². The first-order valence-corrected chi connectivity index (χ1v) is 21.8. The molecule has 0 bridgehead atoms. The minimum absolute atomic E-state index is 0.0369. The predicted molar refractivity (Wildman–Crippen MR) is 215 cm³/mol. The quantitative estimate of drug-likeness (QED) is 0.0275. The highest BCUT2D eigenvalue weighted by atomic mass is 31.2. The third kappa shape index (κ3) is 37.5. The van der Waals surface area contributed by atoms with Crippen LogP contribution < -0.4 is 5.73 Å². The van der Waals surface area contributed by atoms with Crippen molar-refractivity contribution < 1.29 is 37.6 Å². The van der Waals surface area contributed by atoms with E-state index in [0.29, 0.717) is 12.8 Å². The molecule has 0 aromatic carbocycles. The second-order valence-electron chi connectivity index (χ2n) is 13.1. The lowest BCUT2D eigenvalue weighted by molar-refractivity contribution is -0.161. The Morgan fingerprint density at radius 3 is 1.54 bits per heavy atom. The normalized spacial score (nSPS) is 14.0. The summed E-state index contributed by atoms with van der Waals surface area (Å²) < 4.78 is 32.5. The Hall–Kier alpha value is -2.29. The van der Waals surface area contributed by atoms with Crippen LogP contribution in [-0.2, 0) is 32.7 Å². The lowest BCUT2D eigenvalue weighted by Crippen LogP contribution is -2.29. The molecule has 0 amide bonds. The molecule has 52 heavy (non-hydrogen) atoms. The first kappa shape index (κ1) is 49.7. The fourth-order valence-corrected chi connectivity index (χ4v) is 5.89. The first-order chi connectivity index (χ1) is 25.3. The monoisotopic (exact) mass is 752 g/mol. The number of unbranched alkanes of at least 4 members (excludes halogenated alkanes) is 14. The zero-order valence-electron chi connectivity index (χ0n) is 32.8. The molecule has 10 heteroatoms. The van der Waals surface area contributed by atoms with E-state index >= 15 is 0 Å². The van der Waals surface area contributed by atoms with Crippen molar-refractivity contribution in [2.45, 2.75) is 168 Å². The summed E-state index contributed by atoms with van der Waals surface area (Å²) in [5.74, 6) is -0.983. The molecule has 0 aliphatic heterocycles. The Morgan fingerprint density at radius 2 is 1.00 bits per heavy atom. The number of phosphoric acid groups is 1. The molecular formula is C42H74NO8P. The van der Waals surface area contributed by atoms with Crippen molar-refractivity contribution in [1.29, 1.82) is 0 Å². The fraction of sp³-hybridized carbons (Fsp3) is 0.714. The Kier molecular flexibility index (Phi) is 36.7. The van der Waals surface area contributed by atoms with Crippen LogP contribution in [0.1, 0.15) is 162 Å². The number of nitrogens with two attached hydrogens (primary N) is 1. The molecule has 3 N–H and O–H groups in total. The molecule has 0 aromatic heterocycles. The van der Waals surface area contributed by atoms with Crippen molar-refractivity contribution in [3.05, 3.63) is 60.8 Å². The average molecular weight is 752 g/mol. The van der Waals surface area contributed by atoms with Gasteiger partial charge in [-0.1, -0.05) is 152 Å². The number of carbonyl (C=O) groups is 2. The van der Waals surface area contributed by atoms with E-state index in [4.69, 9.17) is 24.3 Å². The molecular weight excluding hydrogens is 677 g/mol. The number of phosphoric ester groups is 1. The Morgan fingerprint density at radius 1 is 0.577 bits per heavy atom. The van der Waals surface area contributed by atoms with E-state index in [1.54, 1.807) is 0 Å². The standard InChI is InChI=1S/C42H74NO8P/c1-3-5-7-9-11-13-15-17-19-20-21-23-25-27-29-31-33-35-42(45)51-40(39-50-52(46,47)49-37-36-43)38-48-41(44)34-32-30-28-26-24-22-18-16-14-12-10-8-6-4-2/h13,15,19-20,23,25,28-31,40H,3-12,14,16-18,21-22,24,26-27,32-39,43H2,1-2H3,(H,46,47)/b15-13-,20-19-,25-23-,30-28-,31-29-. The minimum atomic E-state index is -4.40. The van der Waals surface area contributed by atoms with E-state index in [9.17, 15) is 19.0 Å². The lowest BCUT2D eigenvalue weighted by Gasteiger charge is -2.19. The zero-order chi connectivity index (χ0) is 38.2. The van der Waals surface area contributed by atoms with Gasteiger partial charge in [0.15, 0.2) is 6.10 Å². The van der Waals surface area contributed by atoms with E-state index in [1.165, 1.54) is 83.5 Å². The summed E-state index contributed by atoms with van der Waals surface area (Å²) in [5.41, 5.74) is 5.33. The molecule has 9 nitrogen and oxygen atoms in total. The molecule has 2 unspecified atom stereocenters. The number of carbonyl (C=O) groups excluding carboxylic acids is 2. The minimum Gasteiger partial charge on any atom is -0.462 e. The van der Waals surface area contributed by atoms with Crippen LogP contribution in [-0.4, -0.2) is 49.3 Å². The molecule has 0 fully saturated rings. The van der Waals surface area contributed by atoms with Gasteiger partial charge in [0.25, 0.3) is 0 Å². The molecule has 2 atom stereocenters. The van der Waals surface area contributed by atoms with Crippen LogP contribution in [0.5, 0.6) is 0 Å². The molecule has 0 saturated heterocycles. The summed E-state index contributed by atoms with van der Waals surface area (Å²) in [6.45, 7) is 3.57. The third-order valence-electron chi connectivity index (χ3n) is 8.15. The van der Waals surface area contributed by atoms with Crippen LogP contribution in [0.3, 0.4) is 0 Å². The smallest absolute Gasteiger partial charge is 0.462 e. The Labute approximate surface area is 317 Å².